The van der Waals surface area contributed by atoms with E-state index in [4.69, 9.17) is 4.99 Å². The van der Waals surface area contributed by atoms with E-state index in [0.29, 0.717) is 17.6 Å². The Bertz CT molecular complexity index is 1100. The maximum Gasteiger partial charge on any atom is 0.254 e. The summed E-state index contributed by atoms with van der Waals surface area (Å²) in [5.41, 5.74) is 5.24. The van der Waals surface area contributed by atoms with E-state index in [0.717, 1.165) is 74.5 Å². The van der Waals surface area contributed by atoms with Gasteiger partial charge in [0.1, 0.15) is 0 Å². The molecule has 0 bridgehead atoms. The number of likely N-dealkylation sites (tertiary alicyclic amines) is 2. The zero-order valence-electron chi connectivity index (χ0n) is 23.8. The van der Waals surface area contributed by atoms with E-state index >= 15 is 0 Å². The van der Waals surface area contributed by atoms with E-state index < -0.39 is 0 Å². The van der Waals surface area contributed by atoms with Gasteiger partial charge < -0.3 is 10.2 Å². The van der Waals surface area contributed by atoms with Crippen molar-refractivity contribution in [3.63, 3.8) is 0 Å². The van der Waals surface area contributed by atoms with Crippen LogP contribution < -0.4 is 5.32 Å². The zero-order valence-corrected chi connectivity index (χ0v) is 24.7. The molecule has 2 heterocycles. The molecule has 2 atom stereocenters. The second-order valence-corrected chi connectivity index (χ2v) is 11.1. The van der Waals surface area contributed by atoms with Gasteiger partial charge in [-0.1, -0.05) is 38.1 Å². The maximum absolute atomic E-state index is 13.3. The summed E-state index contributed by atoms with van der Waals surface area (Å²) >= 11 is 4.55. The first-order valence-corrected chi connectivity index (χ1v) is 14.3. The van der Waals surface area contributed by atoms with Gasteiger partial charge in [-0.3, -0.25) is 14.7 Å². The summed E-state index contributed by atoms with van der Waals surface area (Å²) in [6.07, 6.45) is 11.5. The summed E-state index contributed by atoms with van der Waals surface area (Å²) in [7, 11) is 1.78. The van der Waals surface area contributed by atoms with Crippen molar-refractivity contribution in [1.29, 1.82) is 0 Å². The minimum Gasteiger partial charge on any atom is -0.336 e. The fraction of sp³-hybridized carbons (Fsp3) is 0.516. The zero-order chi connectivity index (χ0) is 27.7. The van der Waals surface area contributed by atoms with E-state index in [1.54, 1.807) is 13.1 Å². The molecule has 0 aromatic heterocycles. The minimum atomic E-state index is 0.0590. The van der Waals surface area contributed by atoms with Crippen molar-refractivity contribution in [2.24, 2.45) is 9.98 Å². The van der Waals surface area contributed by atoms with Crippen LogP contribution in [0.25, 0.3) is 0 Å². The van der Waals surface area contributed by atoms with Gasteiger partial charge in [0.05, 0.1) is 0 Å². The van der Waals surface area contributed by atoms with Crippen LogP contribution in [-0.4, -0.2) is 66.1 Å². The number of nitrogens with one attached hydrogen (secondary N) is 1. The summed E-state index contributed by atoms with van der Waals surface area (Å²) in [5, 5.41) is 3.38. The number of anilines is 1. The van der Waals surface area contributed by atoms with Crippen LogP contribution in [0.15, 0.2) is 63.5 Å². The lowest BCUT2D eigenvalue weighted by Gasteiger charge is -2.41. The number of hydrogen-bond acceptors (Lipinski definition) is 4. The highest BCUT2D eigenvalue weighted by Crippen LogP contribution is 2.26. The quantitative estimate of drug-likeness (QED) is 0.134. The number of allylic oxidation sites excluding steroid dienone is 3. The molecule has 2 aliphatic rings. The number of thiol groups is 1. The maximum atomic E-state index is 13.3. The molecule has 3 rings (SSSR count). The van der Waals surface area contributed by atoms with Crippen molar-refractivity contribution in [3.8, 4) is 0 Å². The van der Waals surface area contributed by atoms with Crippen LogP contribution in [0.1, 0.15) is 63.5 Å². The lowest BCUT2D eigenvalue weighted by molar-refractivity contribution is -0.130. The van der Waals surface area contributed by atoms with Crippen molar-refractivity contribution in [3.05, 3.63) is 64.6 Å². The number of nitrogens with zero attached hydrogens (tertiary/aromatic N) is 4. The smallest absolute Gasteiger partial charge is 0.254 e. The first-order valence-electron chi connectivity index (χ1n) is 13.9. The largest absolute Gasteiger partial charge is 0.336 e. The molecule has 7 heteroatoms. The third-order valence-electron chi connectivity index (χ3n) is 7.36. The number of aliphatic imine (C=N–C) groups is 2. The van der Waals surface area contributed by atoms with Crippen LogP contribution in [-0.2, 0) is 4.79 Å². The first kappa shape index (κ1) is 29.9. The molecule has 0 unspecified atom stereocenters. The van der Waals surface area contributed by atoms with E-state index in [1.807, 2.05) is 17.1 Å². The number of hydrogen-bond donors (Lipinski definition) is 2. The highest BCUT2D eigenvalue weighted by Gasteiger charge is 2.34. The number of piperidine rings is 1. The third kappa shape index (κ3) is 8.43. The van der Waals surface area contributed by atoms with Gasteiger partial charge in [0, 0.05) is 55.7 Å². The number of guanidine groups is 1. The Kier molecular flexibility index (Phi) is 11.4. The Balaban J connectivity index is 1.58. The predicted molar refractivity (Wildman–Crippen MR) is 166 cm³/mol. The van der Waals surface area contributed by atoms with Crippen LogP contribution in [0, 0.1) is 13.8 Å². The lowest BCUT2D eigenvalue weighted by Crippen LogP contribution is -2.50. The van der Waals surface area contributed by atoms with Crippen molar-refractivity contribution in [2.75, 3.05) is 32.0 Å². The molecular weight excluding hydrogens is 490 g/mol. The predicted octanol–water partition coefficient (Wildman–Crippen LogP) is 6.34. The summed E-state index contributed by atoms with van der Waals surface area (Å²) in [6, 6.07) is 7.01. The summed E-state index contributed by atoms with van der Waals surface area (Å²) in [5.74, 6) is 0.709. The molecular formula is C31H45N5OS. The molecule has 2 aliphatic heterocycles. The number of carbonyl (C=O) groups is 1. The molecule has 1 aromatic rings. The summed E-state index contributed by atoms with van der Waals surface area (Å²) in [6.45, 7) is 15.0. The van der Waals surface area contributed by atoms with Gasteiger partial charge in [0.25, 0.3) is 5.91 Å². The normalized spacial score (nSPS) is 22.7. The number of benzene rings is 1. The third-order valence-corrected chi connectivity index (χ3v) is 7.73. The number of carbonyl (C=O) groups excluding carboxylic acids is 1. The van der Waals surface area contributed by atoms with Gasteiger partial charge in [-0.15, -0.1) is 12.6 Å². The van der Waals surface area contributed by atoms with E-state index in [2.05, 4.69) is 80.3 Å². The summed E-state index contributed by atoms with van der Waals surface area (Å²) < 4.78 is 0. The lowest BCUT2D eigenvalue weighted by atomic mass is 9.96. The van der Waals surface area contributed by atoms with Gasteiger partial charge in [0.15, 0.2) is 0 Å². The molecule has 1 amide bonds. The number of amides is 1. The summed E-state index contributed by atoms with van der Waals surface area (Å²) in [4.78, 5) is 28.0. The van der Waals surface area contributed by atoms with Gasteiger partial charge in [-0.25, -0.2) is 4.99 Å². The van der Waals surface area contributed by atoms with E-state index in [1.165, 1.54) is 11.1 Å². The standard InChI is InChI=1S/C31H45N5OS/c1-7-9-10-29(38)12-11-25(8-2)30(37)36-16-14-28(20-24(36)5)35-15-13-26(21-35)33-31(32-6)34-27-18-22(3)17-23(4)19-27/h8,11-12,17-19,24,28,38H,2,7,9-10,13-16,20-21H2,1,3-6H3,(H,32,34)/b25-11+,29-12+,33-26?/t24-,28-/m1/s1. The van der Waals surface area contributed by atoms with Crippen LogP contribution in [0.3, 0.4) is 0 Å². The molecule has 6 nitrogen and oxygen atoms in total. The molecule has 0 aliphatic carbocycles. The molecule has 0 radical (unpaired) electrons. The van der Waals surface area contributed by atoms with Gasteiger partial charge in [-0.05, 0) is 87.1 Å². The second-order valence-electron chi connectivity index (χ2n) is 10.6. The van der Waals surface area contributed by atoms with Gasteiger partial charge in [0.2, 0.25) is 5.96 Å². The topological polar surface area (TPSA) is 60.3 Å². The Labute approximate surface area is 235 Å². The Morgan fingerprint density at radius 2 is 1.95 bits per heavy atom. The Morgan fingerprint density at radius 3 is 2.58 bits per heavy atom. The first-order chi connectivity index (χ1) is 18.2. The molecule has 1 aromatic carbocycles. The molecule has 1 N–H and O–H groups in total. The van der Waals surface area contributed by atoms with E-state index in [9.17, 15) is 4.79 Å². The van der Waals surface area contributed by atoms with Crippen molar-refractivity contribution >= 4 is 35.9 Å². The van der Waals surface area contributed by atoms with Gasteiger partial charge >= 0.3 is 0 Å². The number of rotatable bonds is 8. The van der Waals surface area contributed by atoms with Crippen molar-refractivity contribution in [2.45, 2.75) is 78.3 Å². The highest BCUT2D eigenvalue weighted by molar-refractivity contribution is 7.84. The van der Waals surface area contributed by atoms with Crippen LogP contribution in [0.2, 0.25) is 0 Å². The molecule has 38 heavy (non-hydrogen) atoms. The molecule has 2 saturated heterocycles. The average molecular weight is 536 g/mol. The Hall–Kier alpha value is -2.64. The van der Waals surface area contributed by atoms with Crippen LogP contribution in [0.4, 0.5) is 5.69 Å². The highest BCUT2D eigenvalue weighted by atomic mass is 32.1. The monoisotopic (exact) mass is 535 g/mol. The van der Waals surface area contributed by atoms with Gasteiger partial charge in [-0.2, -0.15) is 0 Å². The average Bonchev–Trinajstić information content (AvgIpc) is 3.35. The second kappa shape index (κ2) is 14.5. The molecule has 206 valence electrons. The van der Waals surface area contributed by atoms with Crippen molar-refractivity contribution < 1.29 is 4.79 Å². The number of aryl methyl sites for hydroxylation is 2. The molecule has 2 fully saturated rings. The fourth-order valence-electron chi connectivity index (χ4n) is 5.33. The minimum absolute atomic E-state index is 0.0590. The van der Waals surface area contributed by atoms with Crippen LogP contribution >= 0.6 is 12.6 Å². The molecule has 0 spiro atoms. The molecule has 0 saturated carbocycles. The SMILES string of the molecule is C=C/C(=C\C=C(\S)CCCC)C(=O)N1CC[C@@H](N2CCC(=NC(=NC)Nc3cc(C)cc(C)c3)C2)C[C@H]1C. The Morgan fingerprint density at radius 1 is 1.21 bits per heavy atom. The fourth-order valence-corrected chi connectivity index (χ4v) is 5.56. The van der Waals surface area contributed by atoms with Crippen molar-refractivity contribution in [1.82, 2.24) is 9.80 Å². The van der Waals surface area contributed by atoms with Crippen LogP contribution in [0.5, 0.6) is 0 Å². The van der Waals surface area contributed by atoms with E-state index in [-0.39, 0.29) is 11.9 Å². The number of unbranched alkanes of at least 4 members (excludes halogenated alkanes) is 1.